The number of aliphatic hydroxyl groups excluding tert-OH is 1. The molecule has 1 aliphatic heterocycles. The Morgan fingerprint density at radius 1 is 0.944 bits per heavy atom. The smallest absolute Gasteiger partial charge is 0.290 e. The predicted molar refractivity (Wildman–Crippen MR) is 141 cm³/mol. The highest BCUT2D eigenvalue weighted by molar-refractivity contribution is 6.09. The van der Waals surface area contributed by atoms with Crippen LogP contribution in [0.15, 0.2) is 90.2 Å². The summed E-state index contributed by atoms with van der Waals surface area (Å²) in [5.41, 5.74) is 3.90. The van der Waals surface area contributed by atoms with E-state index in [-0.39, 0.29) is 29.7 Å². The first kappa shape index (κ1) is 25.2. The number of aryl methyl sites for hydroxylation is 1. The number of rotatable bonds is 8. The molecule has 0 saturated carbocycles. The van der Waals surface area contributed by atoms with Crippen LogP contribution in [0.5, 0.6) is 5.75 Å². The molecule has 1 amide bonds. The molecule has 5 heteroatoms. The van der Waals surface area contributed by atoms with Crippen LogP contribution in [0.25, 0.3) is 0 Å². The van der Waals surface area contributed by atoms with Gasteiger partial charge in [0.2, 0.25) is 0 Å². The topological polar surface area (TPSA) is 66.8 Å². The number of aliphatic hydroxyl groups is 1. The highest BCUT2D eigenvalue weighted by Gasteiger charge is 2.43. The molecule has 1 heterocycles. The van der Waals surface area contributed by atoms with E-state index in [1.54, 1.807) is 12.0 Å². The minimum absolute atomic E-state index is 0.0343. The number of ether oxygens (including phenoxy) is 1. The van der Waals surface area contributed by atoms with Crippen LogP contribution in [0.2, 0.25) is 0 Å². The number of carbonyl (C=O) groups is 2. The summed E-state index contributed by atoms with van der Waals surface area (Å²) in [5.74, 6) is -0.589. The summed E-state index contributed by atoms with van der Waals surface area (Å²) in [6.45, 7) is 6.62. The molecular weight excluding hydrogens is 450 g/mol. The molecule has 5 nitrogen and oxygen atoms in total. The number of nitrogens with zero attached hydrogens (tertiary/aromatic N) is 1. The number of benzene rings is 3. The van der Waals surface area contributed by atoms with E-state index in [4.69, 9.17) is 4.74 Å². The predicted octanol–water partition coefficient (Wildman–Crippen LogP) is 6.09. The van der Waals surface area contributed by atoms with Gasteiger partial charge in [0.1, 0.15) is 5.75 Å². The third-order valence-electron chi connectivity index (χ3n) is 6.71. The van der Waals surface area contributed by atoms with Crippen LogP contribution >= 0.6 is 0 Å². The third-order valence-corrected chi connectivity index (χ3v) is 6.71. The molecule has 0 bridgehead atoms. The maximum absolute atomic E-state index is 13.5. The lowest BCUT2D eigenvalue weighted by molar-refractivity contribution is -0.130. The van der Waals surface area contributed by atoms with Crippen molar-refractivity contribution in [1.29, 1.82) is 0 Å². The van der Waals surface area contributed by atoms with E-state index in [0.717, 1.165) is 22.3 Å². The van der Waals surface area contributed by atoms with Crippen LogP contribution in [-0.2, 0) is 28.0 Å². The number of hydrogen-bond donors (Lipinski definition) is 1. The van der Waals surface area contributed by atoms with Crippen molar-refractivity contribution in [3.8, 4) is 5.75 Å². The quantitative estimate of drug-likeness (QED) is 0.421. The fourth-order valence-electron chi connectivity index (χ4n) is 4.67. The Labute approximate surface area is 213 Å². The van der Waals surface area contributed by atoms with Gasteiger partial charge in [-0.2, -0.15) is 0 Å². The normalized spacial score (nSPS) is 15.9. The summed E-state index contributed by atoms with van der Waals surface area (Å²) in [4.78, 5) is 28.4. The second-order valence-electron chi connectivity index (χ2n) is 10.2. The molecule has 1 atom stereocenters. The lowest BCUT2D eigenvalue weighted by Crippen LogP contribution is -2.31. The summed E-state index contributed by atoms with van der Waals surface area (Å²) < 4.78 is 5.49. The van der Waals surface area contributed by atoms with Crippen molar-refractivity contribution < 1.29 is 19.4 Å². The molecule has 0 spiro atoms. The number of carbonyl (C=O) groups excluding carboxylic acids is 2. The van der Waals surface area contributed by atoms with Gasteiger partial charge in [0.25, 0.3) is 5.91 Å². The Bertz CT molecular complexity index is 1270. The van der Waals surface area contributed by atoms with Crippen molar-refractivity contribution in [2.75, 3.05) is 7.11 Å². The van der Waals surface area contributed by atoms with Gasteiger partial charge in [0.05, 0.1) is 25.3 Å². The third kappa shape index (κ3) is 5.20. The molecule has 0 aliphatic carbocycles. The van der Waals surface area contributed by atoms with Crippen LogP contribution in [0.4, 0.5) is 0 Å². The number of Topliss-reactive ketones (excluding diaryl/α,β-unsaturated/α-hetero) is 1. The van der Waals surface area contributed by atoms with E-state index < -0.39 is 17.7 Å². The van der Waals surface area contributed by atoms with Gasteiger partial charge in [-0.1, -0.05) is 93.6 Å². The Morgan fingerprint density at radius 2 is 1.58 bits per heavy atom. The van der Waals surface area contributed by atoms with Gasteiger partial charge in [0.15, 0.2) is 11.5 Å². The highest BCUT2D eigenvalue weighted by Crippen LogP contribution is 2.40. The number of methoxy groups -OCH3 is 1. The summed E-state index contributed by atoms with van der Waals surface area (Å²) in [6, 6.07) is 24.5. The van der Waals surface area contributed by atoms with Gasteiger partial charge in [0, 0.05) is 12.0 Å². The largest absolute Gasteiger partial charge is 0.503 e. The van der Waals surface area contributed by atoms with E-state index in [1.807, 2.05) is 78.9 Å². The molecular formula is C31H33NO4. The van der Waals surface area contributed by atoms with Gasteiger partial charge < -0.3 is 14.7 Å². The summed E-state index contributed by atoms with van der Waals surface area (Å²) in [5, 5.41) is 11.0. The van der Waals surface area contributed by atoms with Crippen LogP contribution in [0.1, 0.15) is 55.5 Å². The maximum atomic E-state index is 13.5. The zero-order valence-corrected chi connectivity index (χ0v) is 21.3. The van der Waals surface area contributed by atoms with E-state index in [1.165, 1.54) is 0 Å². The van der Waals surface area contributed by atoms with Crippen molar-refractivity contribution in [3.63, 3.8) is 0 Å². The van der Waals surface area contributed by atoms with E-state index in [0.29, 0.717) is 12.2 Å². The van der Waals surface area contributed by atoms with Gasteiger partial charge in [-0.05, 0) is 34.6 Å². The van der Waals surface area contributed by atoms with E-state index in [2.05, 4.69) is 20.8 Å². The van der Waals surface area contributed by atoms with Crippen molar-refractivity contribution in [3.05, 3.63) is 112 Å². The molecule has 3 aromatic rings. The van der Waals surface area contributed by atoms with Crippen molar-refractivity contribution in [2.45, 2.75) is 51.6 Å². The molecule has 0 aromatic heterocycles. The fraction of sp³-hybridized carbons (Fsp3) is 0.290. The molecule has 0 saturated heterocycles. The first-order chi connectivity index (χ1) is 17.2. The molecule has 1 N–H and O–H groups in total. The zero-order valence-electron chi connectivity index (χ0n) is 21.3. The second kappa shape index (κ2) is 10.4. The van der Waals surface area contributed by atoms with Crippen LogP contribution in [0.3, 0.4) is 0 Å². The Kier molecular flexibility index (Phi) is 7.30. The monoisotopic (exact) mass is 483 g/mol. The van der Waals surface area contributed by atoms with Gasteiger partial charge in [-0.3, -0.25) is 9.59 Å². The first-order valence-corrected chi connectivity index (χ1v) is 12.2. The van der Waals surface area contributed by atoms with E-state index >= 15 is 0 Å². The molecule has 36 heavy (non-hydrogen) atoms. The van der Waals surface area contributed by atoms with Gasteiger partial charge in [-0.15, -0.1) is 0 Å². The van der Waals surface area contributed by atoms with Gasteiger partial charge in [-0.25, -0.2) is 0 Å². The summed E-state index contributed by atoms with van der Waals surface area (Å²) >= 11 is 0. The highest BCUT2D eigenvalue weighted by atomic mass is 16.5. The molecule has 4 rings (SSSR count). The van der Waals surface area contributed by atoms with E-state index in [9.17, 15) is 14.7 Å². The van der Waals surface area contributed by atoms with Gasteiger partial charge >= 0.3 is 0 Å². The van der Waals surface area contributed by atoms with Crippen molar-refractivity contribution in [2.24, 2.45) is 0 Å². The van der Waals surface area contributed by atoms with Crippen LogP contribution in [-0.4, -0.2) is 28.8 Å². The first-order valence-electron chi connectivity index (χ1n) is 12.2. The Hall–Kier alpha value is -3.86. The zero-order chi connectivity index (χ0) is 25.9. The Morgan fingerprint density at radius 3 is 2.22 bits per heavy atom. The molecule has 3 aromatic carbocycles. The number of hydrogen-bond acceptors (Lipinski definition) is 4. The molecule has 186 valence electrons. The number of ketones is 1. The second-order valence-corrected chi connectivity index (χ2v) is 10.2. The lowest BCUT2D eigenvalue weighted by Gasteiger charge is -2.28. The molecule has 1 aliphatic rings. The van der Waals surface area contributed by atoms with Crippen molar-refractivity contribution in [1.82, 2.24) is 4.90 Å². The van der Waals surface area contributed by atoms with Crippen LogP contribution < -0.4 is 4.74 Å². The minimum atomic E-state index is -0.681. The lowest BCUT2D eigenvalue weighted by atomic mass is 9.85. The molecule has 1 unspecified atom stereocenters. The SMILES string of the molecule is COc1ccccc1CN1C(=O)C(O)=C(C(=O)CCc2ccccc2)C1c1ccc(C(C)(C)C)cc1. The standard InChI is InChI=1S/C31H33NO4/c1-31(2,3)24-17-15-22(16-18-24)28-27(25(33)19-14-21-10-6-5-7-11-21)29(34)30(35)32(28)20-23-12-8-9-13-26(23)36-4/h5-13,15-18,28,34H,14,19-20H2,1-4H3. The maximum Gasteiger partial charge on any atom is 0.290 e. The minimum Gasteiger partial charge on any atom is -0.503 e. The fourth-order valence-corrected chi connectivity index (χ4v) is 4.67. The average molecular weight is 484 g/mol. The Balaban J connectivity index is 1.71. The summed E-state index contributed by atoms with van der Waals surface area (Å²) in [7, 11) is 1.58. The van der Waals surface area contributed by atoms with Crippen LogP contribution in [0, 0.1) is 0 Å². The number of para-hydroxylation sites is 1. The average Bonchev–Trinajstić information content (AvgIpc) is 3.13. The van der Waals surface area contributed by atoms with Crippen molar-refractivity contribution >= 4 is 11.7 Å². The number of amides is 1. The molecule has 0 fully saturated rings. The molecule has 0 radical (unpaired) electrons. The summed E-state index contributed by atoms with van der Waals surface area (Å²) in [6.07, 6.45) is 0.739.